The molecule has 0 saturated heterocycles. The number of hydrogen-bond acceptors (Lipinski definition) is 2. The average Bonchev–Trinajstić information content (AvgIpc) is 3.02. The van der Waals surface area contributed by atoms with Gasteiger partial charge in [0.2, 0.25) is 0 Å². The van der Waals surface area contributed by atoms with Crippen LogP contribution in [0, 0.1) is 45.3 Å². The predicted molar refractivity (Wildman–Crippen MR) is 134 cm³/mol. The monoisotopic (exact) mass is 442 g/mol. The zero-order chi connectivity index (χ0) is 23.5. The Hall–Kier alpha value is -0.600. The van der Waals surface area contributed by atoms with Gasteiger partial charge in [-0.25, -0.2) is 0 Å². The molecule has 0 aliphatic heterocycles. The van der Waals surface area contributed by atoms with Crippen LogP contribution in [0.3, 0.4) is 0 Å². The topological polar surface area (TPSA) is 40.5 Å². The number of allylic oxidation sites excluding steroid dienone is 3. The van der Waals surface area contributed by atoms with Crippen molar-refractivity contribution in [2.75, 3.05) is 6.61 Å². The highest BCUT2D eigenvalue weighted by Gasteiger charge is 2.65. The Morgan fingerprint density at radius 1 is 1.09 bits per heavy atom. The highest BCUT2D eigenvalue weighted by Crippen LogP contribution is 2.73. The maximum Gasteiger partial charge on any atom is 0.0639 e. The lowest BCUT2D eigenvalue weighted by Gasteiger charge is -2.64. The number of rotatable bonds is 5. The van der Waals surface area contributed by atoms with E-state index in [1.165, 1.54) is 38.5 Å². The van der Waals surface area contributed by atoms with Crippen LogP contribution in [0.15, 0.2) is 23.3 Å². The Morgan fingerprint density at radius 2 is 1.81 bits per heavy atom. The summed E-state index contributed by atoms with van der Waals surface area (Å²) in [6, 6.07) is 0. The summed E-state index contributed by atoms with van der Waals surface area (Å²) in [5.74, 6) is 2.83. The SMILES string of the molecule is C/C(=C/CC[C@@H](C)[C@@H]1CC[C@]2(C)C3=CC[C@H]4C(C)(C)[C@@H](O)CC[C@]4(C)[C@H]3CC[C@@]12C)CO. The molecule has 0 spiro atoms. The first-order valence-electron chi connectivity index (χ1n) is 13.6. The molecule has 3 saturated carbocycles. The van der Waals surface area contributed by atoms with Crippen molar-refractivity contribution in [1.29, 1.82) is 0 Å². The first-order valence-corrected chi connectivity index (χ1v) is 13.6. The molecule has 4 aliphatic carbocycles. The van der Waals surface area contributed by atoms with Crippen LogP contribution < -0.4 is 0 Å². The third kappa shape index (κ3) is 3.41. The summed E-state index contributed by atoms with van der Waals surface area (Å²) in [6.07, 6.45) is 15.8. The summed E-state index contributed by atoms with van der Waals surface area (Å²) in [5, 5.41) is 20.1. The van der Waals surface area contributed by atoms with Crippen molar-refractivity contribution in [2.24, 2.45) is 45.3 Å². The minimum absolute atomic E-state index is 0.0175. The highest BCUT2D eigenvalue weighted by atomic mass is 16.3. The Morgan fingerprint density at radius 3 is 2.50 bits per heavy atom. The summed E-state index contributed by atoms with van der Waals surface area (Å²) in [4.78, 5) is 0. The van der Waals surface area contributed by atoms with Crippen molar-refractivity contribution < 1.29 is 10.2 Å². The molecule has 182 valence electrons. The molecule has 0 aromatic carbocycles. The van der Waals surface area contributed by atoms with Gasteiger partial charge in [-0.3, -0.25) is 0 Å². The summed E-state index contributed by atoms with van der Waals surface area (Å²) < 4.78 is 0. The quantitative estimate of drug-likeness (QED) is 0.438. The summed E-state index contributed by atoms with van der Waals surface area (Å²) in [5.41, 5.74) is 4.01. The van der Waals surface area contributed by atoms with E-state index in [-0.39, 0.29) is 18.1 Å². The number of aliphatic hydroxyl groups is 2. The molecule has 0 radical (unpaired) electrons. The number of fused-ring (bicyclic) bond motifs is 5. The van der Waals surface area contributed by atoms with Crippen LogP contribution in [0.4, 0.5) is 0 Å². The smallest absolute Gasteiger partial charge is 0.0639 e. The van der Waals surface area contributed by atoms with Gasteiger partial charge in [0.15, 0.2) is 0 Å². The summed E-state index contributed by atoms with van der Waals surface area (Å²) in [7, 11) is 0. The maximum absolute atomic E-state index is 10.8. The highest BCUT2D eigenvalue weighted by molar-refractivity contribution is 5.33. The molecule has 2 N–H and O–H groups in total. The van der Waals surface area contributed by atoms with E-state index >= 15 is 0 Å². The van der Waals surface area contributed by atoms with E-state index < -0.39 is 0 Å². The van der Waals surface area contributed by atoms with Gasteiger partial charge in [-0.1, -0.05) is 64.8 Å². The summed E-state index contributed by atoms with van der Waals surface area (Å²) >= 11 is 0. The largest absolute Gasteiger partial charge is 0.393 e. The van der Waals surface area contributed by atoms with Gasteiger partial charge in [0.05, 0.1) is 12.7 Å². The van der Waals surface area contributed by atoms with Crippen molar-refractivity contribution in [3.05, 3.63) is 23.3 Å². The molecule has 32 heavy (non-hydrogen) atoms. The average molecular weight is 443 g/mol. The Labute approximate surface area is 198 Å². The van der Waals surface area contributed by atoms with Crippen LogP contribution in [0.2, 0.25) is 0 Å². The molecule has 0 unspecified atom stereocenters. The Bertz CT molecular complexity index is 778. The fourth-order valence-corrected chi connectivity index (χ4v) is 9.51. The lowest BCUT2D eigenvalue weighted by atomic mass is 9.41. The van der Waals surface area contributed by atoms with E-state index in [0.717, 1.165) is 36.7 Å². The molecule has 8 atom stereocenters. The van der Waals surface area contributed by atoms with E-state index in [4.69, 9.17) is 0 Å². The third-order valence-electron chi connectivity index (χ3n) is 11.9. The second-order valence-corrected chi connectivity index (χ2v) is 13.6. The predicted octanol–water partition coefficient (Wildman–Crippen LogP) is 7.31. The molecule has 4 rings (SSSR count). The van der Waals surface area contributed by atoms with E-state index in [1.54, 1.807) is 0 Å². The summed E-state index contributed by atoms with van der Waals surface area (Å²) in [6.45, 7) is 17.2. The molecular formula is C30H50O2. The van der Waals surface area contributed by atoms with Crippen molar-refractivity contribution >= 4 is 0 Å². The van der Waals surface area contributed by atoms with Gasteiger partial charge >= 0.3 is 0 Å². The van der Waals surface area contributed by atoms with E-state index in [1.807, 2.05) is 12.5 Å². The molecule has 0 bridgehead atoms. The minimum Gasteiger partial charge on any atom is -0.393 e. The second-order valence-electron chi connectivity index (χ2n) is 13.6. The maximum atomic E-state index is 10.8. The van der Waals surface area contributed by atoms with Gasteiger partial charge in [0.25, 0.3) is 0 Å². The zero-order valence-corrected chi connectivity index (χ0v) is 22.0. The molecule has 0 aromatic rings. The second kappa shape index (κ2) is 8.26. The van der Waals surface area contributed by atoms with Crippen LogP contribution in [0.25, 0.3) is 0 Å². The van der Waals surface area contributed by atoms with Gasteiger partial charge in [0.1, 0.15) is 0 Å². The van der Waals surface area contributed by atoms with Crippen LogP contribution in [-0.2, 0) is 0 Å². The zero-order valence-electron chi connectivity index (χ0n) is 22.0. The van der Waals surface area contributed by atoms with Crippen LogP contribution in [0.1, 0.15) is 106 Å². The molecule has 0 amide bonds. The van der Waals surface area contributed by atoms with Gasteiger partial charge in [0, 0.05) is 0 Å². The van der Waals surface area contributed by atoms with Gasteiger partial charge in [-0.05, 0) is 110 Å². The van der Waals surface area contributed by atoms with Crippen molar-refractivity contribution in [1.82, 2.24) is 0 Å². The van der Waals surface area contributed by atoms with Gasteiger partial charge < -0.3 is 10.2 Å². The first-order chi connectivity index (χ1) is 14.9. The molecule has 0 aromatic heterocycles. The Balaban J connectivity index is 1.59. The van der Waals surface area contributed by atoms with E-state index in [0.29, 0.717) is 28.1 Å². The van der Waals surface area contributed by atoms with Crippen molar-refractivity contribution in [3.8, 4) is 0 Å². The molecule has 2 heteroatoms. The van der Waals surface area contributed by atoms with Crippen molar-refractivity contribution in [3.63, 3.8) is 0 Å². The third-order valence-corrected chi connectivity index (χ3v) is 11.9. The standard InChI is InChI=1S/C30H50O2/c1-20(19-31)9-8-10-21(2)22-13-17-30(7)24-11-12-25-27(3,4)26(32)15-16-28(25,5)23(24)14-18-29(22,30)6/h9,11,21-23,25-26,31-32H,8,10,12-19H2,1-7H3/b20-9-/t21-,22+,23+,25+,26+,28-,29+,30-/m1/s1. The lowest BCUT2D eigenvalue weighted by Crippen LogP contribution is -2.58. The van der Waals surface area contributed by atoms with Crippen LogP contribution >= 0.6 is 0 Å². The Kier molecular flexibility index (Phi) is 6.33. The lowest BCUT2D eigenvalue weighted by molar-refractivity contribution is -0.131. The van der Waals surface area contributed by atoms with E-state index in [2.05, 4.69) is 53.7 Å². The fourth-order valence-electron chi connectivity index (χ4n) is 9.51. The van der Waals surface area contributed by atoms with Crippen LogP contribution in [-0.4, -0.2) is 22.9 Å². The van der Waals surface area contributed by atoms with Gasteiger partial charge in [-0.2, -0.15) is 0 Å². The number of hydrogen-bond donors (Lipinski definition) is 2. The number of aliphatic hydroxyl groups excluding tert-OH is 2. The molecule has 0 heterocycles. The fraction of sp³-hybridized carbons (Fsp3) is 0.867. The molecule has 3 fully saturated rings. The minimum atomic E-state index is -0.153. The van der Waals surface area contributed by atoms with Crippen molar-refractivity contribution in [2.45, 2.75) is 112 Å². The van der Waals surface area contributed by atoms with Gasteiger partial charge in [-0.15, -0.1) is 0 Å². The normalized spacial score (nSPS) is 46.7. The molecule has 4 aliphatic rings. The first kappa shape index (κ1) is 24.5. The van der Waals surface area contributed by atoms with E-state index in [9.17, 15) is 10.2 Å². The molecule has 2 nitrogen and oxygen atoms in total. The van der Waals surface area contributed by atoms with Crippen LogP contribution in [0.5, 0.6) is 0 Å². The molecular weight excluding hydrogens is 392 g/mol.